The van der Waals surface area contributed by atoms with E-state index in [2.05, 4.69) is 35.7 Å². The first-order chi connectivity index (χ1) is 22.8. The normalized spacial score (nSPS) is 20.4. The Labute approximate surface area is 272 Å². The predicted octanol–water partition coefficient (Wildman–Crippen LogP) is 6.57. The smallest absolute Gasteiger partial charge is 0.451 e. The average Bonchev–Trinajstić information content (AvgIpc) is 3.68. The van der Waals surface area contributed by atoms with Crippen molar-refractivity contribution in [1.29, 1.82) is 0 Å². The summed E-state index contributed by atoms with van der Waals surface area (Å²) in [5.41, 5.74) is 3.87. The third kappa shape index (κ3) is 6.03. The van der Waals surface area contributed by atoms with E-state index in [-0.39, 0.29) is 23.7 Å². The number of hydrogen-bond donors (Lipinski definition) is 1. The highest BCUT2D eigenvalue weighted by atomic mass is 35.5. The number of rotatable bonds is 7. The molecule has 6 heterocycles. The van der Waals surface area contributed by atoms with Crippen LogP contribution in [-0.4, -0.2) is 67.0 Å². The van der Waals surface area contributed by atoms with Crippen LogP contribution in [0.3, 0.4) is 0 Å². The molecule has 244 valence electrons. The molecule has 0 spiro atoms. The van der Waals surface area contributed by atoms with Gasteiger partial charge < -0.3 is 23.8 Å². The van der Waals surface area contributed by atoms with Crippen LogP contribution in [0.5, 0.6) is 11.5 Å². The maximum Gasteiger partial charge on any atom is 0.451 e. The summed E-state index contributed by atoms with van der Waals surface area (Å²) in [5.74, 6) is 1.56. The quantitative estimate of drug-likeness (QED) is 0.208. The van der Waals surface area contributed by atoms with Gasteiger partial charge in [-0.25, -0.2) is 4.98 Å². The maximum atomic E-state index is 13.1. The molecule has 2 unspecified atom stereocenters. The minimum atomic E-state index is -4.62. The van der Waals surface area contributed by atoms with Crippen molar-refractivity contribution in [2.24, 2.45) is 0 Å². The van der Waals surface area contributed by atoms with Crippen LogP contribution in [0.1, 0.15) is 54.1 Å². The molecule has 47 heavy (non-hydrogen) atoms. The summed E-state index contributed by atoms with van der Waals surface area (Å²) >= 11 is 6.07. The fourth-order valence-electron chi connectivity index (χ4n) is 6.56. The third-order valence-corrected chi connectivity index (χ3v) is 9.44. The molecule has 8 rings (SSSR count). The zero-order valence-electron chi connectivity index (χ0n) is 25.2. The van der Waals surface area contributed by atoms with Crippen LogP contribution in [0.2, 0.25) is 5.02 Å². The Morgan fingerprint density at radius 2 is 1.83 bits per heavy atom. The second-order valence-corrected chi connectivity index (χ2v) is 12.6. The molecule has 10 nitrogen and oxygen atoms in total. The van der Waals surface area contributed by atoms with Gasteiger partial charge in [0.1, 0.15) is 18.1 Å². The van der Waals surface area contributed by atoms with Gasteiger partial charge in [-0.15, -0.1) is 10.2 Å². The number of halogens is 4. The Kier molecular flexibility index (Phi) is 7.77. The molecular weight excluding hydrogens is 635 g/mol. The van der Waals surface area contributed by atoms with Crippen molar-refractivity contribution in [3.05, 3.63) is 82.5 Å². The van der Waals surface area contributed by atoms with Crippen LogP contribution >= 0.6 is 11.6 Å². The lowest BCUT2D eigenvalue weighted by Gasteiger charge is -2.35. The summed E-state index contributed by atoms with van der Waals surface area (Å²) in [4.78, 5) is 13.9. The van der Waals surface area contributed by atoms with Gasteiger partial charge in [-0.3, -0.25) is 9.88 Å². The molecule has 2 aromatic carbocycles. The molecule has 2 fully saturated rings. The summed E-state index contributed by atoms with van der Waals surface area (Å²) < 4.78 is 59.8. The topological polar surface area (TPSA) is 103 Å². The van der Waals surface area contributed by atoms with Crippen molar-refractivity contribution in [2.75, 3.05) is 26.3 Å². The Balaban J connectivity index is 0.978. The van der Waals surface area contributed by atoms with Gasteiger partial charge in [0.25, 0.3) is 0 Å². The van der Waals surface area contributed by atoms with E-state index in [9.17, 15) is 13.2 Å². The molecule has 0 saturated carbocycles. The fraction of sp³-hybridized carbons (Fsp3) is 0.394. The summed E-state index contributed by atoms with van der Waals surface area (Å²) in [5, 5.41) is 7.58. The number of aromatic nitrogens is 6. The molecule has 14 heteroatoms. The number of benzene rings is 2. The summed E-state index contributed by atoms with van der Waals surface area (Å²) in [7, 11) is 0. The number of nitrogens with one attached hydrogen (secondary N) is 1. The number of likely N-dealkylation sites (tertiary alicyclic amines) is 1. The predicted molar refractivity (Wildman–Crippen MR) is 166 cm³/mol. The third-order valence-electron chi connectivity index (χ3n) is 9.18. The minimum Gasteiger partial charge on any atom is -0.485 e. The number of alkyl halides is 3. The number of nitrogens with zero attached hydrogens (tertiary/aromatic N) is 6. The lowest BCUT2D eigenvalue weighted by Crippen LogP contribution is -2.35. The first-order valence-corrected chi connectivity index (χ1v) is 16.0. The van der Waals surface area contributed by atoms with Crippen molar-refractivity contribution in [2.45, 2.75) is 56.7 Å². The molecule has 2 atom stereocenters. The van der Waals surface area contributed by atoms with E-state index in [1.54, 1.807) is 12.3 Å². The van der Waals surface area contributed by atoms with E-state index in [4.69, 9.17) is 30.8 Å². The molecule has 0 aliphatic carbocycles. The molecule has 2 saturated heterocycles. The van der Waals surface area contributed by atoms with Gasteiger partial charge in [0.2, 0.25) is 5.82 Å². The highest BCUT2D eigenvalue weighted by Crippen LogP contribution is 2.44. The molecule has 3 aliphatic heterocycles. The number of aromatic amines is 1. The molecular formula is C33H31ClF3N7O3. The van der Waals surface area contributed by atoms with Gasteiger partial charge in [-0.1, -0.05) is 35.9 Å². The highest BCUT2D eigenvalue weighted by Gasteiger charge is 2.36. The SMILES string of the molecule is FC(F)(F)c1nnc(-c2cc3nc(CN4CCC(c5cccc6c5OCC(c5ccc(Cl)cc5)O6)CC4)n(CC4CCO4)c3cn2)[nH]1. The molecule has 1 N–H and O–H groups in total. The van der Waals surface area contributed by atoms with Crippen LogP contribution in [0.15, 0.2) is 54.7 Å². The summed E-state index contributed by atoms with van der Waals surface area (Å²) in [6.45, 7) is 4.16. The number of H-pyrrole nitrogens is 1. The Bertz CT molecular complexity index is 1900. The van der Waals surface area contributed by atoms with Crippen LogP contribution in [-0.2, 0) is 24.0 Å². The largest absolute Gasteiger partial charge is 0.485 e. The van der Waals surface area contributed by atoms with E-state index in [0.29, 0.717) is 36.2 Å². The average molecular weight is 666 g/mol. The van der Waals surface area contributed by atoms with E-state index >= 15 is 0 Å². The monoisotopic (exact) mass is 665 g/mol. The molecule has 0 bridgehead atoms. The Morgan fingerprint density at radius 3 is 2.55 bits per heavy atom. The van der Waals surface area contributed by atoms with Crippen LogP contribution in [0.25, 0.3) is 22.6 Å². The van der Waals surface area contributed by atoms with E-state index in [1.807, 2.05) is 36.4 Å². The lowest BCUT2D eigenvalue weighted by atomic mass is 9.88. The van der Waals surface area contributed by atoms with Crippen LogP contribution in [0.4, 0.5) is 13.2 Å². The van der Waals surface area contributed by atoms with Crippen molar-refractivity contribution in [1.82, 2.24) is 34.6 Å². The standard InChI is InChI=1S/C33H31ClF3N7O3/c34-21-6-4-20(5-7-21)28-18-46-30-23(2-1-3-27(30)47-28)19-8-11-43(12-9-19)17-29-39-24-14-25(31-40-32(42-41-31)33(35,36)37)38-15-26(24)44(29)16-22-10-13-45-22/h1-7,14-15,19,22,28H,8-13,16-18H2,(H,40,41,42). The number of fused-ring (bicyclic) bond motifs is 2. The zero-order chi connectivity index (χ0) is 32.1. The minimum absolute atomic E-state index is 0.0577. The van der Waals surface area contributed by atoms with Gasteiger partial charge in [-0.05, 0) is 68.1 Å². The number of imidazole rings is 1. The van der Waals surface area contributed by atoms with Gasteiger partial charge in [0.05, 0.1) is 36.4 Å². The lowest BCUT2D eigenvalue weighted by molar-refractivity contribution is -0.144. The van der Waals surface area contributed by atoms with Crippen molar-refractivity contribution in [3.63, 3.8) is 0 Å². The second kappa shape index (κ2) is 12.1. The van der Waals surface area contributed by atoms with Gasteiger partial charge in [0, 0.05) is 17.2 Å². The van der Waals surface area contributed by atoms with Gasteiger partial charge in [-0.2, -0.15) is 13.2 Å². The summed E-state index contributed by atoms with van der Waals surface area (Å²) in [6.07, 6.45) is -0.230. The van der Waals surface area contributed by atoms with Crippen molar-refractivity contribution >= 4 is 22.6 Å². The van der Waals surface area contributed by atoms with Gasteiger partial charge >= 0.3 is 6.18 Å². The zero-order valence-corrected chi connectivity index (χ0v) is 26.0. The van der Waals surface area contributed by atoms with E-state index in [1.165, 1.54) is 5.56 Å². The Hall–Kier alpha value is -4.20. The summed E-state index contributed by atoms with van der Waals surface area (Å²) in [6, 6.07) is 15.4. The van der Waals surface area contributed by atoms with Gasteiger partial charge in [0.15, 0.2) is 23.4 Å². The first kappa shape index (κ1) is 30.2. The second-order valence-electron chi connectivity index (χ2n) is 12.2. The van der Waals surface area contributed by atoms with Crippen LogP contribution in [0, 0.1) is 0 Å². The Morgan fingerprint density at radius 1 is 1.02 bits per heavy atom. The van der Waals surface area contributed by atoms with Crippen LogP contribution < -0.4 is 9.47 Å². The number of para-hydroxylation sites is 1. The molecule has 3 aliphatic rings. The fourth-order valence-corrected chi connectivity index (χ4v) is 6.68. The van der Waals surface area contributed by atoms with E-state index < -0.39 is 12.0 Å². The molecule has 0 radical (unpaired) electrons. The molecule has 5 aromatic rings. The number of piperidine rings is 1. The number of pyridine rings is 1. The molecule has 0 amide bonds. The maximum absolute atomic E-state index is 13.1. The number of hydrogen-bond acceptors (Lipinski definition) is 8. The molecule has 3 aromatic heterocycles. The van der Waals surface area contributed by atoms with E-state index in [0.717, 1.165) is 67.4 Å². The number of ether oxygens (including phenoxy) is 3. The first-order valence-electron chi connectivity index (χ1n) is 15.7. The highest BCUT2D eigenvalue weighted by molar-refractivity contribution is 6.30. The van der Waals surface area contributed by atoms with Crippen molar-refractivity contribution < 1.29 is 27.4 Å². The van der Waals surface area contributed by atoms with Crippen molar-refractivity contribution in [3.8, 4) is 23.0 Å².